The van der Waals surface area contributed by atoms with Gasteiger partial charge in [-0.2, -0.15) is 5.26 Å². The van der Waals surface area contributed by atoms with E-state index < -0.39 is 46.4 Å². The van der Waals surface area contributed by atoms with E-state index in [1.165, 1.54) is 41.5 Å². The minimum atomic E-state index is -1.80. The molecule has 0 spiro atoms. The molecule has 5 nitrogen and oxygen atoms in total. The molecular formula is C34H33Cl2F2N3O2. The number of carbonyl (C=O) groups is 1. The molecule has 0 radical (unpaired) electrons. The van der Waals surface area contributed by atoms with Gasteiger partial charge >= 0.3 is 5.97 Å². The lowest BCUT2D eigenvalue weighted by molar-refractivity contribution is -0.139. The molecule has 2 aliphatic heterocycles. The summed E-state index contributed by atoms with van der Waals surface area (Å²) in [7, 11) is 0. The molecule has 2 aliphatic rings. The molecule has 0 saturated carbocycles. The van der Waals surface area contributed by atoms with Gasteiger partial charge in [-0.3, -0.25) is 15.0 Å². The molecule has 3 aromatic rings. The summed E-state index contributed by atoms with van der Waals surface area (Å²) in [5, 5.41) is 24.4. The predicted octanol–water partition coefficient (Wildman–Crippen LogP) is 7.49. The molecule has 3 aromatic carbocycles. The number of aliphatic carboxylic acids is 1. The van der Waals surface area contributed by atoms with Gasteiger partial charge in [-0.05, 0) is 47.6 Å². The van der Waals surface area contributed by atoms with Crippen molar-refractivity contribution < 1.29 is 18.7 Å². The fraction of sp³-hybridized carbons (Fsp3) is 0.353. The second-order valence-electron chi connectivity index (χ2n) is 12.0. The molecular weight excluding hydrogens is 591 g/mol. The summed E-state index contributed by atoms with van der Waals surface area (Å²) in [5.41, 5.74) is 0.0221. The molecule has 2 N–H and O–H groups in total. The number of benzene rings is 3. The van der Waals surface area contributed by atoms with E-state index in [4.69, 9.17) is 23.2 Å². The van der Waals surface area contributed by atoms with Gasteiger partial charge in [-0.15, -0.1) is 0 Å². The highest BCUT2D eigenvalue weighted by Crippen LogP contribution is 2.53. The Kier molecular flexibility index (Phi) is 8.97. The van der Waals surface area contributed by atoms with Gasteiger partial charge in [0.25, 0.3) is 0 Å². The molecule has 9 heteroatoms. The highest BCUT2D eigenvalue weighted by atomic mass is 35.5. The summed E-state index contributed by atoms with van der Waals surface area (Å²) < 4.78 is 31.4. The van der Waals surface area contributed by atoms with Crippen molar-refractivity contribution in [3.8, 4) is 6.07 Å². The molecule has 0 aliphatic carbocycles. The van der Waals surface area contributed by atoms with Crippen LogP contribution in [0.25, 0.3) is 0 Å². The Bertz CT molecular complexity index is 1590. The highest BCUT2D eigenvalue weighted by Gasteiger charge is 2.61. The van der Waals surface area contributed by atoms with Crippen LogP contribution < -0.4 is 5.32 Å². The Balaban J connectivity index is 1.55. The molecule has 1 fully saturated rings. The van der Waals surface area contributed by atoms with Crippen LogP contribution in [0.3, 0.4) is 0 Å². The standard InChI is InChI=1S/C34H33Cl2F2N3O2/c1-33(2,22-13-15-41(16-14-22)19-21-7-4-3-5-8-21)18-28-34(20-39,25-12-11-23(35)17-27(25)37)29(31(40-28)32(42)43)24-9-6-10-26(36)30(24)38/h3-13,17,28-29,31,40H,14-16,18-19H2,1-2H3,(H,42,43)/t28-,29?,31+,34?/m0/s1. The number of carboxylic acid groups (broad SMARTS) is 1. The quantitative estimate of drug-likeness (QED) is 0.254. The SMILES string of the molecule is CC(C)(C[C@@H]1N[C@@H](C(=O)O)C(c2cccc(Cl)c2F)C1(C#N)c1ccc(Cl)cc1F)C1=CCN(Cc2ccccc2)CC1. The van der Waals surface area contributed by atoms with Crippen molar-refractivity contribution in [2.24, 2.45) is 5.41 Å². The highest BCUT2D eigenvalue weighted by molar-refractivity contribution is 6.31. The van der Waals surface area contributed by atoms with E-state index in [1.807, 2.05) is 18.2 Å². The molecule has 1 saturated heterocycles. The van der Waals surface area contributed by atoms with Crippen LogP contribution in [-0.2, 0) is 16.8 Å². The second kappa shape index (κ2) is 12.4. The summed E-state index contributed by atoms with van der Waals surface area (Å²) in [6.45, 7) is 6.52. The zero-order valence-corrected chi connectivity index (χ0v) is 25.5. The lowest BCUT2D eigenvalue weighted by Gasteiger charge is -2.40. The first kappa shape index (κ1) is 31.2. The van der Waals surface area contributed by atoms with Crippen LogP contribution in [0.15, 0.2) is 78.4 Å². The monoisotopic (exact) mass is 623 g/mol. The third-order valence-electron chi connectivity index (χ3n) is 9.02. The van der Waals surface area contributed by atoms with Gasteiger partial charge in [0.15, 0.2) is 0 Å². The van der Waals surface area contributed by atoms with Crippen LogP contribution in [0.4, 0.5) is 8.78 Å². The van der Waals surface area contributed by atoms with Crippen LogP contribution >= 0.6 is 23.2 Å². The van der Waals surface area contributed by atoms with E-state index in [9.17, 15) is 15.2 Å². The van der Waals surface area contributed by atoms with Gasteiger partial charge in [-0.25, -0.2) is 8.78 Å². The average molecular weight is 625 g/mol. The zero-order chi connectivity index (χ0) is 30.9. The Morgan fingerprint density at radius 3 is 2.51 bits per heavy atom. The number of hydrogen-bond acceptors (Lipinski definition) is 4. The summed E-state index contributed by atoms with van der Waals surface area (Å²) >= 11 is 12.2. The van der Waals surface area contributed by atoms with Crippen LogP contribution in [0.5, 0.6) is 0 Å². The van der Waals surface area contributed by atoms with Gasteiger partial charge in [0.1, 0.15) is 23.1 Å². The van der Waals surface area contributed by atoms with E-state index >= 15 is 8.78 Å². The van der Waals surface area contributed by atoms with E-state index in [1.54, 1.807) is 0 Å². The number of nitriles is 1. The number of nitrogens with zero attached hydrogens (tertiary/aromatic N) is 2. The number of carboxylic acids is 1. The normalized spacial score (nSPS) is 24.4. The van der Waals surface area contributed by atoms with E-state index in [-0.39, 0.29) is 21.2 Å². The van der Waals surface area contributed by atoms with Crippen molar-refractivity contribution in [1.29, 1.82) is 5.26 Å². The van der Waals surface area contributed by atoms with Crippen LogP contribution in [0.1, 0.15) is 49.3 Å². The fourth-order valence-corrected chi connectivity index (χ4v) is 7.22. The Morgan fingerprint density at radius 1 is 1.14 bits per heavy atom. The number of rotatable bonds is 8. The third kappa shape index (κ3) is 5.94. The van der Waals surface area contributed by atoms with Crippen LogP contribution in [0.2, 0.25) is 10.0 Å². The molecule has 2 heterocycles. The van der Waals surface area contributed by atoms with Crippen LogP contribution in [-0.4, -0.2) is 41.1 Å². The first-order chi connectivity index (χ1) is 20.5. The lowest BCUT2D eigenvalue weighted by Crippen LogP contribution is -2.46. The zero-order valence-electron chi connectivity index (χ0n) is 24.0. The minimum Gasteiger partial charge on any atom is -0.480 e. The van der Waals surface area contributed by atoms with Crippen LogP contribution in [0, 0.1) is 28.4 Å². The first-order valence-electron chi connectivity index (χ1n) is 14.2. The number of hydrogen-bond donors (Lipinski definition) is 2. The lowest BCUT2D eigenvalue weighted by atomic mass is 9.61. The van der Waals surface area contributed by atoms with E-state index in [0.29, 0.717) is 6.42 Å². The average Bonchev–Trinajstić information content (AvgIpc) is 3.29. The maximum absolute atomic E-state index is 15.8. The molecule has 4 atom stereocenters. The second-order valence-corrected chi connectivity index (χ2v) is 12.9. The topological polar surface area (TPSA) is 76.4 Å². The summed E-state index contributed by atoms with van der Waals surface area (Å²) in [6.07, 6.45) is 3.28. The van der Waals surface area contributed by atoms with E-state index in [0.717, 1.165) is 32.1 Å². The van der Waals surface area contributed by atoms with Gasteiger partial charge in [0.2, 0.25) is 0 Å². The summed E-state index contributed by atoms with van der Waals surface area (Å²) in [6, 6.07) is 18.6. The fourth-order valence-electron chi connectivity index (χ4n) is 6.88. The molecule has 2 unspecified atom stereocenters. The van der Waals surface area contributed by atoms with Gasteiger partial charge in [0, 0.05) is 42.2 Å². The maximum atomic E-state index is 15.8. The largest absolute Gasteiger partial charge is 0.480 e. The number of halogens is 4. The molecule has 224 valence electrons. The molecule has 0 bridgehead atoms. The third-order valence-corrected chi connectivity index (χ3v) is 9.55. The smallest absolute Gasteiger partial charge is 0.321 e. The molecule has 5 rings (SSSR count). The van der Waals surface area contributed by atoms with Crippen molar-refractivity contribution in [1.82, 2.24) is 10.2 Å². The van der Waals surface area contributed by atoms with Crippen molar-refractivity contribution in [3.63, 3.8) is 0 Å². The summed E-state index contributed by atoms with van der Waals surface area (Å²) in [4.78, 5) is 15.0. The maximum Gasteiger partial charge on any atom is 0.321 e. The van der Waals surface area contributed by atoms with E-state index in [2.05, 4.69) is 48.3 Å². The van der Waals surface area contributed by atoms with Crippen molar-refractivity contribution in [2.45, 2.75) is 56.7 Å². The Morgan fingerprint density at radius 2 is 1.88 bits per heavy atom. The minimum absolute atomic E-state index is 0.0347. The van der Waals surface area contributed by atoms with Gasteiger partial charge < -0.3 is 5.11 Å². The Hall–Kier alpha value is -3.28. The van der Waals surface area contributed by atoms with Gasteiger partial charge in [-0.1, -0.05) is 97.2 Å². The summed E-state index contributed by atoms with van der Waals surface area (Å²) in [5.74, 6) is -4.14. The molecule has 0 amide bonds. The molecule has 0 aromatic heterocycles. The van der Waals surface area contributed by atoms with Crippen molar-refractivity contribution >= 4 is 29.2 Å². The predicted molar refractivity (Wildman–Crippen MR) is 164 cm³/mol. The molecule has 43 heavy (non-hydrogen) atoms. The Labute approximate surface area is 260 Å². The van der Waals surface area contributed by atoms with Gasteiger partial charge in [0.05, 0.1) is 11.1 Å². The van der Waals surface area contributed by atoms with Crippen molar-refractivity contribution in [2.75, 3.05) is 13.1 Å². The number of nitrogens with one attached hydrogen (secondary N) is 1. The van der Waals surface area contributed by atoms with Crippen molar-refractivity contribution in [3.05, 3.63) is 117 Å². The first-order valence-corrected chi connectivity index (χ1v) is 15.0.